The zero-order valence-corrected chi connectivity index (χ0v) is 20.3. The van der Waals surface area contributed by atoms with E-state index in [2.05, 4.69) is 53.6 Å². The number of allylic oxidation sites excluding steroid dienone is 1. The van der Waals surface area contributed by atoms with Gasteiger partial charge in [0, 0.05) is 54.3 Å². The van der Waals surface area contributed by atoms with Crippen molar-refractivity contribution in [2.45, 2.75) is 44.7 Å². The van der Waals surface area contributed by atoms with Crippen LogP contribution < -0.4 is 0 Å². The molecule has 4 rings (SSSR count). The normalized spacial score (nSPS) is 21.9. The molecule has 1 aromatic carbocycles. The van der Waals surface area contributed by atoms with E-state index in [0.29, 0.717) is 24.1 Å². The lowest BCUT2D eigenvalue weighted by atomic mass is 9.72. The fraction of sp³-hybridized carbons (Fsp3) is 0.462. The minimum atomic E-state index is -1.26. The van der Waals surface area contributed by atoms with Gasteiger partial charge in [0.1, 0.15) is 0 Å². The van der Waals surface area contributed by atoms with E-state index in [4.69, 9.17) is 10.2 Å². The monoisotopic (exact) mass is 470 g/mol. The fourth-order valence-corrected chi connectivity index (χ4v) is 6.12. The molecule has 1 fully saturated rings. The molecule has 1 aromatic heterocycles. The number of thioether (sulfide) groups is 1. The number of carboxylic acid groups (broad SMARTS) is 2. The van der Waals surface area contributed by atoms with Gasteiger partial charge in [-0.05, 0) is 60.9 Å². The van der Waals surface area contributed by atoms with Crippen molar-refractivity contribution in [1.82, 2.24) is 9.47 Å². The van der Waals surface area contributed by atoms with E-state index in [0.717, 1.165) is 12.5 Å². The second-order valence-electron chi connectivity index (χ2n) is 8.78. The Hall–Kier alpha value is -2.51. The lowest BCUT2D eigenvalue weighted by Crippen LogP contribution is -2.50. The Labute approximate surface area is 200 Å². The van der Waals surface area contributed by atoms with Crippen molar-refractivity contribution in [3.8, 4) is 0 Å². The number of carbonyl (C=O) groups is 2. The Bertz CT molecular complexity index is 1010. The van der Waals surface area contributed by atoms with Gasteiger partial charge in [0.15, 0.2) is 0 Å². The third kappa shape index (κ3) is 5.89. The van der Waals surface area contributed by atoms with Crippen molar-refractivity contribution in [2.24, 2.45) is 5.92 Å². The summed E-state index contributed by atoms with van der Waals surface area (Å²) >= 11 is 2.01. The molecule has 1 aliphatic heterocycles. The van der Waals surface area contributed by atoms with Crippen LogP contribution in [0.3, 0.4) is 0 Å². The number of rotatable bonds is 8. The number of hydrogen-bond acceptors (Lipinski definition) is 4. The van der Waals surface area contributed by atoms with Crippen LogP contribution >= 0.6 is 11.8 Å². The highest BCUT2D eigenvalue weighted by Crippen LogP contribution is 2.45. The highest BCUT2D eigenvalue weighted by Gasteiger charge is 2.40. The molecule has 0 radical (unpaired) electrons. The highest BCUT2D eigenvalue weighted by molar-refractivity contribution is 7.98. The molecule has 0 bridgehead atoms. The van der Waals surface area contributed by atoms with Gasteiger partial charge in [-0.25, -0.2) is 9.59 Å². The molecule has 2 N–H and O–H groups in total. The number of aromatic nitrogens is 1. The summed E-state index contributed by atoms with van der Waals surface area (Å²) in [6.07, 6.45) is 11.6. The van der Waals surface area contributed by atoms with Gasteiger partial charge in [-0.15, -0.1) is 6.58 Å². The zero-order chi connectivity index (χ0) is 24.0. The molecule has 2 heterocycles. The number of nitrogens with zero attached hydrogens (tertiary/aromatic N) is 2. The molecule has 6 nitrogen and oxygen atoms in total. The summed E-state index contributed by atoms with van der Waals surface area (Å²) in [5, 5.41) is 17.2. The van der Waals surface area contributed by atoms with E-state index >= 15 is 0 Å². The van der Waals surface area contributed by atoms with Gasteiger partial charge in [-0.2, -0.15) is 11.8 Å². The topological polar surface area (TPSA) is 82.8 Å². The van der Waals surface area contributed by atoms with E-state index in [1.165, 1.54) is 43.6 Å². The summed E-state index contributed by atoms with van der Waals surface area (Å²) in [6.45, 7) is 9.70. The molecular weight excluding hydrogens is 436 g/mol. The van der Waals surface area contributed by atoms with Gasteiger partial charge < -0.3 is 14.8 Å². The molecule has 0 amide bonds. The first-order valence-electron chi connectivity index (χ1n) is 11.5. The summed E-state index contributed by atoms with van der Waals surface area (Å²) in [5.41, 5.74) is 4.57. The molecule has 178 valence electrons. The second kappa shape index (κ2) is 11.6. The Morgan fingerprint density at radius 2 is 1.97 bits per heavy atom. The molecule has 2 aliphatic rings. The third-order valence-electron chi connectivity index (χ3n) is 6.47. The van der Waals surface area contributed by atoms with Crippen molar-refractivity contribution in [3.63, 3.8) is 0 Å². The molecule has 7 heteroatoms. The molecule has 3 atom stereocenters. The van der Waals surface area contributed by atoms with Crippen LogP contribution in [0.5, 0.6) is 0 Å². The van der Waals surface area contributed by atoms with Crippen LogP contribution in [0.4, 0.5) is 0 Å². The standard InChI is InChI=1S/C22H30N2S.C4H4O4/c1-4-9-23-13-16(15-25-3)11-19-18-7-6-8-20-22(18)17(12-21(19)23)14-24(20)10-5-2;5-3(6)1-2-4(7)8/h5-8,14,16,19,21H,2,4,9-13,15H2,1,3H3;1-2H,(H,5,6)(H,7,8)/b;2-1-/t16-,19?,21-;/m1./s1. The molecule has 0 spiro atoms. The van der Waals surface area contributed by atoms with Gasteiger partial charge >= 0.3 is 11.9 Å². The van der Waals surface area contributed by atoms with Gasteiger partial charge in [0.25, 0.3) is 0 Å². The minimum absolute atomic E-state index is 0.558. The van der Waals surface area contributed by atoms with E-state index < -0.39 is 11.9 Å². The minimum Gasteiger partial charge on any atom is -0.478 e. The maximum Gasteiger partial charge on any atom is 0.328 e. The third-order valence-corrected chi connectivity index (χ3v) is 7.27. The summed E-state index contributed by atoms with van der Waals surface area (Å²) in [6, 6.07) is 7.66. The number of aliphatic carboxylic acids is 2. The summed E-state index contributed by atoms with van der Waals surface area (Å²) in [4.78, 5) is 21.9. The molecular formula is C26H34N2O4S. The molecule has 1 aliphatic carbocycles. The highest BCUT2D eigenvalue weighted by atomic mass is 32.2. The SMILES string of the molecule is C=CCn1cc2c3c(cccc31)C1C[C@@H](CSC)CN(CCC)[C@@H]1C2.O=C(O)/C=C\C(=O)O. The Balaban J connectivity index is 0.000000331. The Morgan fingerprint density at radius 1 is 1.24 bits per heavy atom. The second-order valence-corrected chi connectivity index (χ2v) is 9.69. The van der Waals surface area contributed by atoms with Crippen molar-refractivity contribution >= 4 is 34.6 Å². The predicted octanol–water partition coefficient (Wildman–Crippen LogP) is 4.64. The first kappa shape index (κ1) is 25.1. The summed E-state index contributed by atoms with van der Waals surface area (Å²) in [5.74, 6) is 0.312. The number of carboxylic acids is 2. The maximum atomic E-state index is 9.55. The van der Waals surface area contributed by atoms with Gasteiger partial charge in [-0.1, -0.05) is 25.1 Å². The largest absolute Gasteiger partial charge is 0.478 e. The fourth-order valence-electron chi connectivity index (χ4n) is 5.41. The zero-order valence-electron chi connectivity index (χ0n) is 19.4. The summed E-state index contributed by atoms with van der Waals surface area (Å²) < 4.78 is 2.39. The molecule has 33 heavy (non-hydrogen) atoms. The van der Waals surface area contributed by atoms with Gasteiger partial charge in [-0.3, -0.25) is 4.90 Å². The van der Waals surface area contributed by atoms with E-state index in [1.807, 2.05) is 17.8 Å². The number of piperidine rings is 1. The van der Waals surface area contributed by atoms with Crippen LogP contribution in [0, 0.1) is 5.92 Å². The molecule has 2 aromatic rings. The van der Waals surface area contributed by atoms with Crippen LogP contribution in [-0.2, 0) is 22.6 Å². The number of fused-ring (bicyclic) bond motifs is 2. The lowest BCUT2D eigenvalue weighted by Gasteiger charge is -2.47. The van der Waals surface area contributed by atoms with Crippen molar-refractivity contribution in [3.05, 3.63) is 60.3 Å². The molecule has 1 unspecified atom stereocenters. The maximum absolute atomic E-state index is 9.55. The first-order chi connectivity index (χ1) is 15.9. The van der Waals surface area contributed by atoms with Crippen LogP contribution in [0.15, 0.2) is 49.2 Å². The number of benzene rings is 1. The Kier molecular flexibility index (Phi) is 8.80. The smallest absolute Gasteiger partial charge is 0.328 e. The average Bonchev–Trinajstić information content (AvgIpc) is 3.13. The van der Waals surface area contributed by atoms with E-state index in [1.54, 1.807) is 16.5 Å². The van der Waals surface area contributed by atoms with Crippen LogP contribution in [0.1, 0.15) is 36.8 Å². The van der Waals surface area contributed by atoms with Crippen molar-refractivity contribution in [1.29, 1.82) is 0 Å². The van der Waals surface area contributed by atoms with Gasteiger partial charge in [0.2, 0.25) is 0 Å². The molecule has 1 saturated heterocycles. The number of hydrogen-bond donors (Lipinski definition) is 2. The molecule has 0 saturated carbocycles. The number of likely N-dealkylation sites (tertiary alicyclic amines) is 1. The summed E-state index contributed by atoms with van der Waals surface area (Å²) in [7, 11) is 0. The average molecular weight is 471 g/mol. The van der Waals surface area contributed by atoms with Crippen LogP contribution in [0.2, 0.25) is 0 Å². The van der Waals surface area contributed by atoms with Crippen molar-refractivity contribution < 1.29 is 19.8 Å². The van der Waals surface area contributed by atoms with Crippen molar-refractivity contribution in [2.75, 3.05) is 25.1 Å². The lowest BCUT2D eigenvalue weighted by molar-refractivity contribution is -0.134. The van der Waals surface area contributed by atoms with E-state index in [9.17, 15) is 9.59 Å². The van der Waals surface area contributed by atoms with Crippen LogP contribution in [0.25, 0.3) is 10.9 Å². The quantitative estimate of drug-likeness (QED) is 0.432. The Morgan fingerprint density at radius 3 is 2.58 bits per heavy atom. The van der Waals surface area contributed by atoms with Crippen LogP contribution in [-0.4, -0.2) is 62.8 Å². The van der Waals surface area contributed by atoms with Gasteiger partial charge in [0.05, 0.1) is 0 Å². The first-order valence-corrected chi connectivity index (χ1v) is 12.9. The predicted molar refractivity (Wildman–Crippen MR) is 135 cm³/mol. The van der Waals surface area contributed by atoms with E-state index in [-0.39, 0.29) is 0 Å².